The summed E-state index contributed by atoms with van der Waals surface area (Å²) in [6.45, 7) is 0. The van der Waals surface area contributed by atoms with Crippen LogP contribution in [0.1, 0.15) is 10.9 Å². The van der Waals surface area contributed by atoms with E-state index in [4.69, 9.17) is 0 Å². The molecule has 0 spiro atoms. The quantitative estimate of drug-likeness (QED) is 0.843. The molecule has 0 amide bonds. The van der Waals surface area contributed by atoms with E-state index in [1.807, 2.05) is 36.4 Å². The third-order valence-electron chi connectivity index (χ3n) is 2.95. The van der Waals surface area contributed by atoms with Crippen LogP contribution in [-0.2, 0) is 4.79 Å². The second-order valence-corrected chi connectivity index (χ2v) is 6.51. The molecule has 1 aromatic rings. The Bertz CT molecular complexity index is 467. The lowest BCUT2D eigenvalue weighted by Gasteiger charge is -2.17. The van der Waals surface area contributed by atoms with E-state index in [1.165, 1.54) is 0 Å². The first-order chi connectivity index (χ1) is 8.49. The van der Waals surface area contributed by atoms with Gasteiger partial charge in [0.2, 0.25) is 0 Å². The minimum Gasteiger partial charge on any atom is -0.544 e. The Morgan fingerprint density at radius 2 is 2.28 bits per heavy atom. The van der Waals surface area contributed by atoms with Crippen molar-refractivity contribution in [1.82, 2.24) is 0 Å². The highest BCUT2D eigenvalue weighted by molar-refractivity contribution is 9.10. The van der Waals surface area contributed by atoms with E-state index in [0.717, 1.165) is 15.7 Å². The van der Waals surface area contributed by atoms with Crippen molar-refractivity contribution < 1.29 is 15.2 Å². The van der Waals surface area contributed by atoms with Crippen LogP contribution in [0, 0.1) is 0 Å². The van der Waals surface area contributed by atoms with Crippen molar-refractivity contribution >= 4 is 39.3 Å². The molecule has 0 aliphatic carbocycles. The highest BCUT2D eigenvalue weighted by atomic mass is 79.9. The number of anilines is 1. The number of aliphatic carboxylic acids is 1. The first kappa shape index (κ1) is 13.7. The van der Waals surface area contributed by atoms with E-state index >= 15 is 0 Å². The van der Waals surface area contributed by atoms with Crippen LogP contribution in [0.2, 0.25) is 0 Å². The number of carboxylic acids is 1. The lowest BCUT2D eigenvalue weighted by molar-refractivity contribution is -0.690. The average Bonchev–Trinajstić information content (AvgIpc) is 2.77. The maximum absolute atomic E-state index is 10.8. The minimum atomic E-state index is -0.978. The van der Waals surface area contributed by atoms with Gasteiger partial charge in [-0.15, -0.1) is 0 Å². The van der Waals surface area contributed by atoms with Crippen LogP contribution < -0.4 is 15.3 Å². The number of hydrogen-bond donors (Lipinski definition) is 1. The number of thioether (sulfide) groups is 1. The summed E-state index contributed by atoms with van der Waals surface area (Å²) in [6, 6.07) is 5.71. The second-order valence-electron chi connectivity index (χ2n) is 4.48. The van der Waals surface area contributed by atoms with Gasteiger partial charge >= 0.3 is 0 Å². The SMILES string of the molecule is CN(C)c1ccc([C@H]2[NH2+][C@@H](C(=O)[O-])CS2)cc1Br. The number of benzene rings is 1. The molecule has 1 aromatic carbocycles. The Balaban J connectivity index is 2.16. The van der Waals surface area contributed by atoms with Crippen molar-refractivity contribution in [3.63, 3.8) is 0 Å². The lowest BCUT2D eigenvalue weighted by Crippen LogP contribution is -2.90. The third-order valence-corrected chi connectivity index (χ3v) is 4.92. The van der Waals surface area contributed by atoms with Crippen LogP contribution in [0.3, 0.4) is 0 Å². The van der Waals surface area contributed by atoms with Gasteiger partial charge in [-0.25, -0.2) is 0 Å². The highest BCUT2D eigenvalue weighted by Crippen LogP contribution is 2.32. The maximum atomic E-state index is 10.8. The van der Waals surface area contributed by atoms with Gasteiger partial charge in [0.15, 0.2) is 5.37 Å². The normalized spacial score (nSPS) is 23.1. The van der Waals surface area contributed by atoms with Gasteiger partial charge in [-0.3, -0.25) is 0 Å². The molecule has 1 aliphatic rings. The Morgan fingerprint density at radius 1 is 1.56 bits per heavy atom. The fourth-order valence-electron chi connectivity index (χ4n) is 1.95. The van der Waals surface area contributed by atoms with E-state index in [1.54, 1.807) is 11.8 Å². The molecule has 1 saturated heterocycles. The van der Waals surface area contributed by atoms with Gasteiger partial charge in [-0.2, -0.15) is 0 Å². The largest absolute Gasteiger partial charge is 0.544 e. The number of rotatable bonds is 3. The number of halogens is 1. The lowest BCUT2D eigenvalue weighted by atomic mass is 10.2. The zero-order chi connectivity index (χ0) is 13.3. The molecule has 2 atom stereocenters. The van der Waals surface area contributed by atoms with E-state index in [-0.39, 0.29) is 5.37 Å². The summed E-state index contributed by atoms with van der Waals surface area (Å²) < 4.78 is 1.02. The monoisotopic (exact) mass is 330 g/mol. The molecule has 0 unspecified atom stereocenters. The molecular formula is C12H15BrN2O2S. The predicted molar refractivity (Wildman–Crippen MR) is 74.4 cm³/mol. The van der Waals surface area contributed by atoms with Gasteiger partial charge in [0.05, 0.1) is 11.4 Å². The molecule has 0 radical (unpaired) electrons. The Hall–Kier alpha value is -0.720. The fourth-order valence-corrected chi connectivity index (χ4v) is 4.00. The van der Waals surface area contributed by atoms with Gasteiger partial charge in [-0.1, -0.05) is 17.8 Å². The number of nitrogens with two attached hydrogens (primary N) is 1. The summed E-state index contributed by atoms with van der Waals surface area (Å²) in [6.07, 6.45) is 0. The Morgan fingerprint density at radius 3 is 2.78 bits per heavy atom. The Kier molecular flexibility index (Phi) is 4.19. The summed E-state index contributed by atoms with van der Waals surface area (Å²) in [5.41, 5.74) is 2.24. The molecule has 1 aliphatic heterocycles. The fraction of sp³-hybridized carbons (Fsp3) is 0.417. The predicted octanol–water partition coefficient (Wildman–Crippen LogP) is -0.0576. The van der Waals surface area contributed by atoms with Crippen LogP contribution >= 0.6 is 27.7 Å². The standard InChI is InChI=1S/C12H15BrN2O2S/c1-15(2)10-4-3-7(5-8(10)13)11-14-9(6-18-11)12(16)17/h3-5,9,11,14H,6H2,1-2H3,(H,16,17)/t9-,11+/m1/s1. The minimum absolute atomic E-state index is 0.139. The highest BCUT2D eigenvalue weighted by Gasteiger charge is 2.31. The van der Waals surface area contributed by atoms with Crippen molar-refractivity contribution in [3.8, 4) is 0 Å². The molecule has 0 bridgehead atoms. The summed E-state index contributed by atoms with van der Waals surface area (Å²) >= 11 is 5.19. The number of carbonyl (C=O) groups is 1. The van der Waals surface area contributed by atoms with Crippen molar-refractivity contribution in [3.05, 3.63) is 28.2 Å². The molecule has 1 heterocycles. The summed E-state index contributed by atoms with van der Waals surface area (Å²) in [5.74, 6) is -0.381. The van der Waals surface area contributed by atoms with Crippen LogP contribution in [0.25, 0.3) is 0 Å². The number of carbonyl (C=O) groups excluding carboxylic acids is 1. The molecule has 6 heteroatoms. The van der Waals surface area contributed by atoms with Gasteiger partial charge < -0.3 is 20.1 Å². The van der Waals surface area contributed by atoms with Crippen molar-refractivity contribution in [1.29, 1.82) is 0 Å². The zero-order valence-electron chi connectivity index (χ0n) is 10.2. The number of carboxylic acid groups (broad SMARTS) is 1. The van der Waals surface area contributed by atoms with Gasteiger partial charge in [0, 0.05) is 24.1 Å². The van der Waals surface area contributed by atoms with Crippen molar-refractivity contribution in [2.24, 2.45) is 0 Å². The first-order valence-electron chi connectivity index (χ1n) is 5.63. The maximum Gasteiger partial charge on any atom is 0.159 e. The molecular weight excluding hydrogens is 316 g/mol. The molecule has 1 fully saturated rings. The molecule has 4 nitrogen and oxygen atoms in total. The number of nitrogens with zero attached hydrogens (tertiary/aromatic N) is 1. The van der Waals surface area contributed by atoms with E-state index in [0.29, 0.717) is 5.75 Å². The van der Waals surface area contributed by atoms with E-state index < -0.39 is 12.0 Å². The topological polar surface area (TPSA) is 60.0 Å². The molecule has 0 saturated carbocycles. The van der Waals surface area contributed by atoms with Crippen molar-refractivity contribution in [2.45, 2.75) is 11.4 Å². The molecule has 2 N–H and O–H groups in total. The second kappa shape index (κ2) is 5.50. The van der Waals surface area contributed by atoms with Crippen LogP contribution in [0.15, 0.2) is 22.7 Å². The van der Waals surface area contributed by atoms with Gasteiger partial charge in [-0.05, 0) is 28.1 Å². The smallest absolute Gasteiger partial charge is 0.159 e. The summed E-state index contributed by atoms with van der Waals surface area (Å²) in [4.78, 5) is 12.8. The first-order valence-corrected chi connectivity index (χ1v) is 7.47. The number of quaternary nitrogens is 1. The summed E-state index contributed by atoms with van der Waals surface area (Å²) in [7, 11) is 3.98. The molecule has 98 valence electrons. The van der Waals surface area contributed by atoms with Crippen LogP contribution in [-0.4, -0.2) is 31.9 Å². The van der Waals surface area contributed by atoms with E-state index in [2.05, 4.69) is 22.0 Å². The Labute approximate surface area is 119 Å². The molecule has 0 aromatic heterocycles. The zero-order valence-corrected chi connectivity index (χ0v) is 12.6. The van der Waals surface area contributed by atoms with Crippen molar-refractivity contribution in [2.75, 3.05) is 24.7 Å². The molecule has 18 heavy (non-hydrogen) atoms. The third kappa shape index (κ3) is 2.81. The average molecular weight is 331 g/mol. The van der Waals surface area contributed by atoms with E-state index in [9.17, 15) is 9.90 Å². The van der Waals surface area contributed by atoms with Crippen LogP contribution in [0.4, 0.5) is 5.69 Å². The summed E-state index contributed by atoms with van der Waals surface area (Å²) in [5, 5.41) is 12.8. The van der Waals surface area contributed by atoms with Crippen LogP contribution in [0.5, 0.6) is 0 Å². The number of hydrogen-bond acceptors (Lipinski definition) is 4. The molecule has 2 rings (SSSR count). The van der Waals surface area contributed by atoms with Gasteiger partial charge in [0.25, 0.3) is 0 Å². The van der Waals surface area contributed by atoms with Gasteiger partial charge in [0.1, 0.15) is 12.0 Å².